The third kappa shape index (κ3) is 1.51. The van der Waals surface area contributed by atoms with Gasteiger partial charge in [0, 0.05) is 18.7 Å². The van der Waals surface area contributed by atoms with Crippen LogP contribution >= 0.6 is 0 Å². The number of hydrogen-bond donors (Lipinski definition) is 1. The number of nitrogens with zero attached hydrogens (tertiary/aromatic N) is 2. The molecule has 0 amide bonds. The molecule has 74 valence electrons. The number of hydrogen-bond acceptors (Lipinski definition) is 2. The maximum Gasteiger partial charge on any atom is 0.0997 e. The first-order valence-electron chi connectivity index (χ1n) is 4.89. The SMILES string of the molecule is CNCCc1cccc2c(C)ncn12. The van der Waals surface area contributed by atoms with E-state index in [1.807, 2.05) is 20.3 Å². The van der Waals surface area contributed by atoms with E-state index in [9.17, 15) is 0 Å². The highest BCUT2D eigenvalue weighted by molar-refractivity contribution is 5.52. The van der Waals surface area contributed by atoms with Crippen molar-refractivity contribution in [3.8, 4) is 0 Å². The van der Waals surface area contributed by atoms with Gasteiger partial charge in [0.2, 0.25) is 0 Å². The number of aryl methyl sites for hydroxylation is 1. The molecule has 0 aliphatic carbocycles. The third-order valence-electron chi connectivity index (χ3n) is 2.48. The number of fused-ring (bicyclic) bond motifs is 1. The molecule has 2 aromatic heterocycles. The van der Waals surface area contributed by atoms with Crippen LogP contribution in [0.5, 0.6) is 0 Å². The van der Waals surface area contributed by atoms with E-state index >= 15 is 0 Å². The van der Waals surface area contributed by atoms with Crippen LogP contribution in [0.1, 0.15) is 11.4 Å². The van der Waals surface area contributed by atoms with Crippen molar-refractivity contribution in [2.75, 3.05) is 13.6 Å². The Morgan fingerprint density at radius 2 is 2.29 bits per heavy atom. The van der Waals surface area contributed by atoms with Crippen LogP contribution in [-0.4, -0.2) is 23.0 Å². The lowest BCUT2D eigenvalue weighted by molar-refractivity contribution is 0.767. The van der Waals surface area contributed by atoms with E-state index in [0.717, 1.165) is 18.7 Å². The molecule has 0 spiro atoms. The van der Waals surface area contributed by atoms with Crippen LogP contribution in [0.4, 0.5) is 0 Å². The summed E-state index contributed by atoms with van der Waals surface area (Å²) >= 11 is 0. The molecule has 2 aromatic rings. The summed E-state index contributed by atoms with van der Waals surface area (Å²) in [6, 6.07) is 6.34. The van der Waals surface area contributed by atoms with Gasteiger partial charge in [-0.1, -0.05) is 6.07 Å². The maximum atomic E-state index is 4.31. The molecular weight excluding hydrogens is 174 g/mol. The Labute approximate surface area is 83.8 Å². The summed E-state index contributed by atoms with van der Waals surface area (Å²) in [5, 5.41) is 3.15. The highest BCUT2D eigenvalue weighted by Gasteiger charge is 2.02. The molecule has 0 saturated heterocycles. The van der Waals surface area contributed by atoms with Crippen molar-refractivity contribution in [3.05, 3.63) is 35.9 Å². The Morgan fingerprint density at radius 3 is 3.07 bits per heavy atom. The zero-order chi connectivity index (χ0) is 9.97. The van der Waals surface area contributed by atoms with E-state index < -0.39 is 0 Å². The van der Waals surface area contributed by atoms with Crippen LogP contribution in [0.25, 0.3) is 5.52 Å². The molecule has 0 unspecified atom stereocenters. The number of likely N-dealkylation sites (N-methyl/N-ethyl adjacent to an activating group) is 1. The zero-order valence-electron chi connectivity index (χ0n) is 8.62. The third-order valence-corrected chi connectivity index (χ3v) is 2.48. The van der Waals surface area contributed by atoms with Gasteiger partial charge in [0.25, 0.3) is 0 Å². The summed E-state index contributed by atoms with van der Waals surface area (Å²) in [6.45, 7) is 3.04. The summed E-state index contributed by atoms with van der Waals surface area (Å²) < 4.78 is 2.16. The molecule has 1 N–H and O–H groups in total. The fourth-order valence-corrected chi connectivity index (χ4v) is 1.66. The summed E-state index contributed by atoms with van der Waals surface area (Å²) in [4.78, 5) is 4.31. The van der Waals surface area contributed by atoms with Crippen LogP contribution in [0.15, 0.2) is 24.5 Å². The highest BCUT2D eigenvalue weighted by atomic mass is 15.0. The van der Waals surface area contributed by atoms with E-state index in [4.69, 9.17) is 0 Å². The van der Waals surface area contributed by atoms with E-state index in [0.29, 0.717) is 0 Å². The maximum absolute atomic E-state index is 4.31. The topological polar surface area (TPSA) is 29.3 Å². The number of imidazole rings is 1. The Bertz CT molecular complexity index is 431. The fourth-order valence-electron chi connectivity index (χ4n) is 1.66. The molecule has 0 aliphatic heterocycles. The first-order valence-corrected chi connectivity index (χ1v) is 4.89. The number of nitrogens with one attached hydrogen (secondary N) is 1. The smallest absolute Gasteiger partial charge is 0.0997 e. The van der Waals surface area contributed by atoms with Gasteiger partial charge >= 0.3 is 0 Å². The lowest BCUT2D eigenvalue weighted by atomic mass is 10.2. The molecule has 0 atom stereocenters. The van der Waals surface area contributed by atoms with Crippen molar-refractivity contribution in [1.82, 2.24) is 14.7 Å². The van der Waals surface area contributed by atoms with Gasteiger partial charge in [-0.25, -0.2) is 4.98 Å². The summed E-state index contributed by atoms with van der Waals surface area (Å²) in [7, 11) is 1.97. The Hall–Kier alpha value is -1.35. The number of pyridine rings is 1. The summed E-state index contributed by atoms with van der Waals surface area (Å²) in [5.41, 5.74) is 3.60. The van der Waals surface area contributed by atoms with Gasteiger partial charge in [-0.05, 0) is 26.1 Å². The molecular formula is C11H15N3. The first-order chi connectivity index (χ1) is 6.83. The van der Waals surface area contributed by atoms with Crippen LogP contribution < -0.4 is 5.32 Å². The van der Waals surface area contributed by atoms with Crippen LogP contribution in [0, 0.1) is 6.92 Å². The molecule has 2 heterocycles. The summed E-state index contributed by atoms with van der Waals surface area (Å²) in [6.07, 6.45) is 2.93. The molecule has 0 radical (unpaired) electrons. The van der Waals surface area contributed by atoms with Crippen LogP contribution in [0.2, 0.25) is 0 Å². The van der Waals surface area contributed by atoms with Crippen molar-refractivity contribution < 1.29 is 0 Å². The van der Waals surface area contributed by atoms with E-state index in [2.05, 4.69) is 32.9 Å². The van der Waals surface area contributed by atoms with Crippen molar-refractivity contribution in [3.63, 3.8) is 0 Å². The lowest BCUT2D eigenvalue weighted by Gasteiger charge is -2.04. The second-order valence-electron chi connectivity index (χ2n) is 3.46. The van der Waals surface area contributed by atoms with Gasteiger partial charge < -0.3 is 9.72 Å². The quantitative estimate of drug-likeness (QED) is 0.791. The number of aromatic nitrogens is 2. The van der Waals surface area contributed by atoms with Crippen LogP contribution in [-0.2, 0) is 6.42 Å². The van der Waals surface area contributed by atoms with Crippen molar-refractivity contribution in [1.29, 1.82) is 0 Å². The van der Waals surface area contributed by atoms with Gasteiger partial charge in [0.1, 0.15) is 0 Å². The van der Waals surface area contributed by atoms with E-state index in [1.165, 1.54) is 11.2 Å². The normalized spacial score (nSPS) is 11.0. The summed E-state index contributed by atoms with van der Waals surface area (Å²) in [5.74, 6) is 0. The van der Waals surface area contributed by atoms with Gasteiger partial charge in [-0.2, -0.15) is 0 Å². The minimum atomic E-state index is 0.996. The molecule has 0 saturated carbocycles. The largest absolute Gasteiger partial charge is 0.319 e. The minimum Gasteiger partial charge on any atom is -0.319 e. The van der Waals surface area contributed by atoms with E-state index in [-0.39, 0.29) is 0 Å². The monoisotopic (exact) mass is 189 g/mol. The fraction of sp³-hybridized carbons (Fsp3) is 0.364. The van der Waals surface area contributed by atoms with Gasteiger partial charge in [0.15, 0.2) is 0 Å². The average Bonchev–Trinajstić information content (AvgIpc) is 2.58. The minimum absolute atomic E-state index is 0.996. The Balaban J connectivity index is 2.44. The Morgan fingerprint density at radius 1 is 1.43 bits per heavy atom. The van der Waals surface area contributed by atoms with Crippen LogP contribution in [0.3, 0.4) is 0 Å². The predicted octanol–water partition coefficient (Wildman–Crippen LogP) is 1.40. The molecule has 2 rings (SSSR count). The number of rotatable bonds is 3. The van der Waals surface area contributed by atoms with Gasteiger partial charge in [0.05, 0.1) is 17.5 Å². The average molecular weight is 189 g/mol. The van der Waals surface area contributed by atoms with E-state index in [1.54, 1.807) is 0 Å². The van der Waals surface area contributed by atoms with Gasteiger partial charge in [-0.15, -0.1) is 0 Å². The second-order valence-corrected chi connectivity index (χ2v) is 3.46. The molecule has 0 aliphatic rings. The zero-order valence-corrected chi connectivity index (χ0v) is 8.62. The molecule has 14 heavy (non-hydrogen) atoms. The standard InChI is InChI=1S/C11H15N3/c1-9-11-5-3-4-10(6-7-12-2)14(11)8-13-9/h3-5,8,12H,6-7H2,1-2H3. The Kier molecular flexibility index (Phi) is 2.50. The molecule has 3 heteroatoms. The molecule has 0 aromatic carbocycles. The highest BCUT2D eigenvalue weighted by Crippen LogP contribution is 2.11. The van der Waals surface area contributed by atoms with Crippen molar-refractivity contribution >= 4 is 5.52 Å². The van der Waals surface area contributed by atoms with Gasteiger partial charge in [-0.3, -0.25) is 0 Å². The molecule has 0 fully saturated rings. The molecule has 0 bridgehead atoms. The first kappa shape index (κ1) is 9.21. The predicted molar refractivity (Wildman–Crippen MR) is 57.6 cm³/mol. The van der Waals surface area contributed by atoms with Crippen molar-refractivity contribution in [2.24, 2.45) is 0 Å². The molecule has 3 nitrogen and oxygen atoms in total. The van der Waals surface area contributed by atoms with Crippen molar-refractivity contribution in [2.45, 2.75) is 13.3 Å². The second kappa shape index (κ2) is 3.80. The lowest BCUT2D eigenvalue weighted by Crippen LogP contribution is -2.12.